The fourth-order valence-corrected chi connectivity index (χ4v) is 3.44. The molecule has 1 aromatic carbocycles. The highest BCUT2D eigenvalue weighted by atomic mass is 79.9. The summed E-state index contributed by atoms with van der Waals surface area (Å²) in [6, 6.07) is 6.20. The molecule has 1 aliphatic rings. The van der Waals surface area contributed by atoms with Crippen LogP contribution in [0.3, 0.4) is 0 Å². The van der Waals surface area contributed by atoms with Gasteiger partial charge in [0.25, 0.3) is 0 Å². The summed E-state index contributed by atoms with van der Waals surface area (Å²) in [4.78, 5) is 0. The van der Waals surface area contributed by atoms with Gasteiger partial charge in [-0.3, -0.25) is 11.3 Å². The first kappa shape index (κ1) is 12.4. The number of benzene rings is 1. The van der Waals surface area contributed by atoms with Crippen molar-refractivity contribution < 1.29 is 0 Å². The van der Waals surface area contributed by atoms with Crippen LogP contribution in [0.2, 0.25) is 5.02 Å². The van der Waals surface area contributed by atoms with Crippen LogP contribution in [0.25, 0.3) is 0 Å². The van der Waals surface area contributed by atoms with Crippen molar-refractivity contribution in [3.8, 4) is 0 Å². The van der Waals surface area contributed by atoms with Crippen LogP contribution >= 0.6 is 27.5 Å². The molecule has 2 nitrogen and oxygen atoms in total. The van der Waals surface area contributed by atoms with Gasteiger partial charge in [0, 0.05) is 15.5 Å². The van der Waals surface area contributed by atoms with Gasteiger partial charge in [0.05, 0.1) is 0 Å². The largest absolute Gasteiger partial charge is 0.271 e. The molecule has 1 unspecified atom stereocenters. The molecule has 1 saturated carbocycles. The van der Waals surface area contributed by atoms with E-state index in [1.807, 2.05) is 12.1 Å². The maximum absolute atomic E-state index is 6.06. The molecule has 0 saturated heterocycles. The molecule has 0 spiro atoms. The van der Waals surface area contributed by atoms with Gasteiger partial charge in [-0.25, -0.2) is 0 Å². The smallest absolute Gasteiger partial charge is 0.0489 e. The molecular formula is C12H16BrClN2. The second-order valence-electron chi connectivity index (χ2n) is 4.39. The third-order valence-electron chi connectivity index (χ3n) is 3.29. The Morgan fingerprint density at radius 2 is 2.00 bits per heavy atom. The predicted molar refractivity (Wildman–Crippen MR) is 71.2 cm³/mol. The molecule has 2 rings (SSSR count). The van der Waals surface area contributed by atoms with Crippen molar-refractivity contribution in [2.75, 3.05) is 0 Å². The van der Waals surface area contributed by atoms with Crippen molar-refractivity contribution in [3.63, 3.8) is 0 Å². The lowest BCUT2D eigenvalue weighted by Gasteiger charge is -2.23. The van der Waals surface area contributed by atoms with Gasteiger partial charge in [0.2, 0.25) is 0 Å². The Labute approximate surface area is 110 Å². The van der Waals surface area contributed by atoms with E-state index in [2.05, 4.69) is 27.4 Å². The first-order chi connectivity index (χ1) is 7.70. The van der Waals surface area contributed by atoms with E-state index < -0.39 is 0 Å². The first-order valence-electron chi connectivity index (χ1n) is 5.63. The van der Waals surface area contributed by atoms with Crippen LogP contribution in [-0.4, -0.2) is 0 Å². The molecule has 1 aliphatic carbocycles. The summed E-state index contributed by atoms with van der Waals surface area (Å²) < 4.78 is 1.01. The zero-order valence-corrected chi connectivity index (χ0v) is 11.4. The van der Waals surface area contributed by atoms with Gasteiger partial charge in [0.15, 0.2) is 0 Å². The molecule has 88 valence electrons. The lowest BCUT2D eigenvalue weighted by molar-refractivity contribution is 0.373. The summed E-state index contributed by atoms with van der Waals surface area (Å²) in [5.41, 5.74) is 4.11. The number of halogens is 2. The summed E-state index contributed by atoms with van der Waals surface area (Å²) >= 11 is 9.53. The maximum atomic E-state index is 6.06. The molecule has 0 amide bonds. The molecular weight excluding hydrogens is 288 g/mol. The molecule has 0 heterocycles. The number of hydrogen-bond donors (Lipinski definition) is 2. The van der Waals surface area contributed by atoms with Gasteiger partial charge in [-0.05, 0) is 42.5 Å². The summed E-state index contributed by atoms with van der Waals surface area (Å²) in [5, 5.41) is 0.752. The summed E-state index contributed by atoms with van der Waals surface area (Å²) in [6.45, 7) is 0. The van der Waals surface area contributed by atoms with E-state index in [0.717, 1.165) is 9.50 Å². The maximum Gasteiger partial charge on any atom is 0.0489 e. The third kappa shape index (κ3) is 2.77. The molecule has 0 bridgehead atoms. The zero-order valence-electron chi connectivity index (χ0n) is 9.05. The van der Waals surface area contributed by atoms with Crippen LogP contribution in [0, 0.1) is 5.92 Å². The summed E-state index contributed by atoms with van der Waals surface area (Å²) in [7, 11) is 0. The first-order valence-corrected chi connectivity index (χ1v) is 6.80. The average Bonchev–Trinajstić information content (AvgIpc) is 2.70. The Morgan fingerprint density at radius 3 is 2.56 bits per heavy atom. The van der Waals surface area contributed by atoms with Crippen molar-refractivity contribution in [3.05, 3.63) is 33.3 Å². The summed E-state index contributed by atoms with van der Waals surface area (Å²) in [6.07, 6.45) is 5.12. The molecule has 4 heteroatoms. The molecule has 0 radical (unpaired) electrons. The highest BCUT2D eigenvalue weighted by Gasteiger charge is 2.25. The quantitative estimate of drug-likeness (QED) is 0.658. The highest BCUT2D eigenvalue weighted by molar-refractivity contribution is 9.10. The van der Waals surface area contributed by atoms with Gasteiger partial charge in [-0.15, -0.1) is 0 Å². The molecule has 0 aromatic heterocycles. The average molecular weight is 304 g/mol. The minimum atomic E-state index is 0.220. The van der Waals surface area contributed by atoms with Gasteiger partial charge in [-0.2, -0.15) is 0 Å². The van der Waals surface area contributed by atoms with Gasteiger partial charge in [-0.1, -0.05) is 40.4 Å². The van der Waals surface area contributed by atoms with E-state index in [9.17, 15) is 0 Å². The number of nitrogens with two attached hydrogens (primary N) is 1. The Bertz CT molecular complexity index is 344. The van der Waals surface area contributed by atoms with Crippen LogP contribution in [0.1, 0.15) is 37.3 Å². The number of nitrogens with one attached hydrogen (secondary N) is 1. The van der Waals surface area contributed by atoms with Crippen molar-refractivity contribution in [2.24, 2.45) is 11.8 Å². The van der Waals surface area contributed by atoms with Crippen LogP contribution in [-0.2, 0) is 0 Å². The van der Waals surface area contributed by atoms with Crippen LogP contribution in [0.5, 0.6) is 0 Å². The minimum absolute atomic E-state index is 0.220. The van der Waals surface area contributed by atoms with Crippen molar-refractivity contribution in [2.45, 2.75) is 31.7 Å². The number of hydrazine groups is 1. The Balaban J connectivity index is 2.24. The van der Waals surface area contributed by atoms with Crippen molar-refractivity contribution >= 4 is 27.5 Å². The normalized spacial score (nSPS) is 18.9. The predicted octanol–water partition coefficient (Wildman–Crippen LogP) is 3.80. The van der Waals surface area contributed by atoms with Crippen LogP contribution in [0.15, 0.2) is 22.7 Å². The molecule has 3 N–H and O–H groups in total. The second kappa shape index (κ2) is 5.50. The number of hydrogen-bond acceptors (Lipinski definition) is 2. The van der Waals surface area contributed by atoms with Crippen LogP contribution < -0.4 is 11.3 Å². The number of rotatable bonds is 3. The molecule has 0 aliphatic heterocycles. The van der Waals surface area contributed by atoms with Crippen molar-refractivity contribution in [1.82, 2.24) is 5.43 Å². The molecule has 1 fully saturated rings. The van der Waals surface area contributed by atoms with E-state index in [1.165, 1.54) is 31.2 Å². The zero-order chi connectivity index (χ0) is 11.5. The monoisotopic (exact) mass is 302 g/mol. The summed E-state index contributed by atoms with van der Waals surface area (Å²) in [5.74, 6) is 6.31. The minimum Gasteiger partial charge on any atom is -0.271 e. The Morgan fingerprint density at radius 1 is 1.31 bits per heavy atom. The lowest BCUT2D eigenvalue weighted by Crippen LogP contribution is -2.32. The molecule has 1 aromatic rings. The fraction of sp³-hybridized carbons (Fsp3) is 0.500. The van der Waals surface area contributed by atoms with Gasteiger partial charge in [0.1, 0.15) is 0 Å². The molecule has 16 heavy (non-hydrogen) atoms. The molecule has 1 atom stereocenters. The third-order valence-corrected chi connectivity index (χ3v) is 3.97. The fourth-order valence-electron chi connectivity index (χ4n) is 2.55. The van der Waals surface area contributed by atoms with Gasteiger partial charge >= 0.3 is 0 Å². The van der Waals surface area contributed by atoms with E-state index in [0.29, 0.717) is 5.92 Å². The van der Waals surface area contributed by atoms with Crippen LogP contribution in [0.4, 0.5) is 0 Å². The highest BCUT2D eigenvalue weighted by Crippen LogP contribution is 2.36. The van der Waals surface area contributed by atoms with E-state index in [-0.39, 0.29) is 6.04 Å². The van der Waals surface area contributed by atoms with Crippen molar-refractivity contribution in [1.29, 1.82) is 0 Å². The van der Waals surface area contributed by atoms with E-state index in [1.54, 1.807) is 0 Å². The van der Waals surface area contributed by atoms with E-state index in [4.69, 9.17) is 17.4 Å². The lowest BCUT2D eigenvalue weighted by atomic mass is 9.92. The Kier molecular flexibility index (Phi) is 4.25. The SMILES string of the molecule is NNC(c1cc(Cl)cc(Br)c1)C1CCCC1. The standard InChI is InChI=1S/C12H16BrClN2/c13-10-5-9(6-11(14)7-10)12(16-15)8-3-1-2-4-8/h5-8,12,16H,1-4,15H2. The van der Waals surface area contributed by atoms with Gasteiger partial charge < -0.3 is 0 Å². The second-order valence-corrected chi connectivity index (χ2v) is 5.74. The van der Waals surface area contributed by atoms with E-state index >= 15 is 0 Å². The topological polar surface area (TPSA) is 38.0 Å². The Hall–Kier alpha value is -0.0900.